The van der Waals surface area contributed by atoms with Crippen LogP contribution in [0.3, 0.4) is 0 Å². The summed E-state index contributed by atoms with van der Waals surface area (Å²) in [4.78, 5) is 8.08. The number of rotatable bonds is 8. The molecule has 0 bridgehead atoms. The molecule has 0 unspecified atom stereocenters. The van der Waals surface area contributed by atoms with Gasteiger partial charge in [0.05, 0.1) is 0 Å². The fraction of sp³-hybridized carbons (Fsp3) is 0.286. The van der Waals surface area contributed by atoms with Gasteiger partial charge in [-0.1, -0.05) is 0 Å². The van der Waals surface area contributed by atoms with Gasteiger partial charge in [0.2, 0.25) is 0 Å². The van der Waals surface area contributed by atoms with Gasteiger partial charge in [0.1, 0.15) is 0 Å². The molecule has 0 atom stereocenters. The standard InChI is InChI=1S/C14H16N2O2Se/c1-3-13(7-15-5-1)9-17-11-19-12-18-10-14-4-2-6-16-8-14/h1-8H,9-12H2. The van der Waals surface area contributed by atoms with Crippen LogP contribution in [0.1, 0.15) is 11.1 Å². The summed E-state index contributed by atoms with van der Waals surface area (Å²) in [6.07, 6.45) is 7.18. The van der Waals surface area contributed by atoms with Crippen LogP contribution in [0.5, 0.6) is 0 Å². The van der Waals surface area contributed by atoms with Crippen LogP contribution in [0.4, 0.5) is 0 Å². The van der Waals surface area contributed by atoms with Gasteiger partial charge in [-0.2, -0.15) is 0 Å². The van der Waals surface area contributed by atoms with Crippen molar-refractivity contribution in [3.8, 4) is 0 Å². The van der Waals surface area contributed by atoms with Crippen molar-refractivity contribution in [2.75, 3.05) is 11.0 Å². The Morgan fingerprint density at radius 1 is 0.842 bits per heavy atom. The summed E-state index contributed by atoms with van der Waals surface area (Å²) < 4.78 is 11.1. The molecule has 0 N–H and O–H groups in total. The van der Waals surface area contributed by atoms with E-state index in [1.165, 1.54) is 0 Å². The van der Waals surface area contributed by atoms with E-state index >= 15 is 0 Å². The van der Waals surface area contributed by atoms with Crippen molar-refractivity contribution in [3.63, 3.8) is 0 Å². The third-order valence-electron chi connectivity index (χ3n) is 2.32. The summed E-state index contributed by atoms with van der Waals surface area (Å²) in [6.45, 7) is 1.25. The molecular weight excluding hydrogens is 307 g/mol. The molecule has 5 heteroatoms. The Morgan fingerprint density at radius 2 is 1.37 bits per heavy atom. The molecule has 0 amide bonds. The van der Waals surface area contributed by atoms with Gasteiger partial charge >= 0.3 is 119 Å². The minimum absolute atomic E-state index is 0.352. The van der Waals surface area contributed by atoms with E-state index in [-0.39, 0.29) is 0 Å². The maximum absolute atomic E-state index is 5.57. The van der Waals surface area contributed by atoms with Crippen molar-refractivity contribution in [1.29, 1.82) is 0 Å². The summed E-state index contributed by atoms with van der Waals surface area (Å²) in [5.41, 5.74) is 3.73. The molecule has 0 saturated carbocycles. The molecule has 0 radical (unpaired) electrons. The van der Waals surface area contributed by atoms with Crippen molar-refractivity contribution in [2.24, 2.45) is 0 Å². The van der Waals surface area contributed by atoms with E-state index in [0.29, 0.717) is 28.2 Å². The van der Waals surface area contributed by atoms with Crippen molar-refractivity contribution in [1.82, 2.24) is 9.97 Å². The molecule has 0 aliphatic rings. The predicted octanol–water partition coefficient (Wildman–Crippen LogP) is 1.83. The van der Waals surface area contributed by atoms with Gasteiger partial charge in [-0.15, -0.1) is 0 Å². The zero-order valence-electron chi connectivity index (χ0n) is 10.6. The average Bonchev–Trinajstić information content (AvgIpc) is 2.48. The van der Waals surface area contributed by atoms with E-state index in [0.717, 1.165) is 22.1 Å². The zero-order valence-corrected chi connectivity index (χ0v) is 12.3. The number of hydrogen-bond acceptors (Lipinski definition) is 4. The maximum atomic E-state index is 5.57. The molecule has 2 aromatic heterocycles. The third kappa shape index (κ3) is 5.94. The Morgan fingerprint density at radius 3 is 1.79 bits per heavy atom. The minimum atomic E-state index is 0.352. The molecule has 0 aliphatic carbocycles. The van der Waals surface area contributed by atoms with Gasteiger partial charge in [-0.3, -0.25) is 0 Å². The zero-order chi connectivity index (χ0) is 13.2. The second-order valence-corrected chi connectivity index (χ2v) is 5.70. The summed E-state index contributed by atoms with van der Waals surface area (Å²) >= 11 is 0.352. The third-order valence-corrected chi connectivity index (χ3v) is 3.72. The van der Waals surface area contributed by atoms with Crippen molar-refractivity contribution >= 4 is 15.0 Å². The first-order chi connectivity index (χ1) is 9.45. The van der Waals surface area contributed by atoms with Crippen LogP contribution in [0, 0.1) is 0 Å². The molecule has 2 rings (SSSR count). The van der Waals surface area contributed by atoms with E-state index in [1.807, 2.05) is 36.7 Å². The van der Waals surface area contributed by atoms with Gasteiger partial charge in [-0.25, -0.2) is 0 Å². The Kier molecular flexibility index (Phi) is 6.54. The van der Waals surface area contributed by atoms with Gasteiger partial charge in [0, 0.05) is 0 Å². The molecule has 0 fully saturated rings. The van der Waals surface area contributed by atoms with Crippen LogP contribution in [-0.2, 0) is 22.7 Å². The monoisotopic (exact) mass is 324 g/mol. The molecule has 0 aromatic carbocycles. The first-order valence-corrected chi connectivity index (χ1v) is 8.38. The van der Waals surface area contributed by atoms with E-state index in [4.69, 9.17) is 9.47 Å². The molecular formula is C14H16N2O2Se. The Hall–Kier alpha value is -1.26. The molecule has 0 spiro atoms. The summed E-state index contributed by atoms with van der Waals surface area (Å²) in [6, 6.07) is 7.86. The first-order valence-electron chi connectivity index (χ1n) is 5.96. The van der Waals surface area contributed by atoms with Crippen molar-refractivity contribution in [2.45, 2.75) is 13.2 Å². The molecule has 4 nitrogen and oxygen atoms in total. The normalized spacial score (nSPS) is 10.5. The van der Waals surface area contributed by atoms with Crippen LogP contribution in [0.25, 0.3) is 0 Å². The number of pyridine rings is 2. The Balaban J connectivity index is 1.49. The van der Waals surface area contributed by atoms with Crippen LogP contribution >= 0.6 is 0 Å². The van der Waals surface area contributed by atoms with Crippen LogP contribution in [0.2, 0.25) is 0 Å². The van der Waals surface area contributed by atoms with Crippen LogP contribution < -0.4 is 0 Å². The Bertz CT molecular complexity index is 410. The fourth-order valence-corrected chi connectivity index (χ4v) is 2.42. The predicted molar refractivity (Wildman–Crippen MR) is 73.5 cm³/mol. The molecule has 2 heterocycles. The van der Waals surface area contributed by atoms with Crippen LogP contribution in [-0.4, -0.2) is 35.9 Å². The second kappa shape index (κ2) is 8.77. The fourth-order valence-electron chi connectivity index (χ4n) is 1.44. The molecule has 2 aromatic rings. The van der Waals surface area contributed by atoms with Crippen molar-refractivity contribution in [3.05, 3.63) is 60.2 Å². The van der Waals surface area contributed by atoms with E-state index < -0.39 is 0 Å². The van der Waals surface area contributed by atoms with Gasteiger partial charge in [-0.05, 0) is 0 Å². The van der Waals surface area contributed by atoms with E-state index in [1.54, 1.807) is 12.4 Å². The van der Waals surface area contributed by atoms with Gasteiger partial charge in [0.25, 0.3) is 0 Å². The number of nitrogens with zero attached hydrogens (tertiary/aromatic N) is 2. The molecule has 19 heavy (non-hydrogen) atoms. The second-order valence-electron chi connectivity index (χ2n) is 3.86. The molecule has 0 aliphatic heterocycles. The SMILES string of the molecule is c1cncc(COC[Se]COCc2cccnc2)c1. The van der Waals surface area contributed by atoms with Crippen LogP contribution in [0.15, 0.2) is 49.1 Å². The van der Waals surface area contributed by atoms with E-state index in [9.17, 15) is 0 Å². The summed E-state index contributed by atoms with van der Waals surface area (Å²) in [7, 11) is 0. The number of ether oxygens (including phenoxy) is 2. The van der Waals surface area contributed by atoms with Gasteiger partial charge in [0.15, 0.2) is 0 Å². The Labute approximate surface area is 119 Å². The first kappa shape index (κ1) is 14.2. The average molecular weight is 323 g/mol. The topological polar surface area (TPSA) is 44.2 Å². The molecule has 100 valence electrons. The number of hydrogen-bond donors (Lipinski definition) is 0. The van der Waals surface area contributed by atoms with Gasteiger partial charge < -0.3 is 0 Å². The van der Waals surface area contributed by atoms with Crippen molar-refractivity contribution < 1.29 is 9.47 Å². The summed E-state index contributed by atoms with van der Waals surface area (Å²) in [5, 5.41) is 0. The van der Waals surface area contributed by atoms with E-state index in [2.05, 4.69) is 9.97 Å². The molecule has 0 saturated heterocycles. The quantitative estimate of drug-likeness (QED) is 0.549. The summed E-state index contributed by atoms with van der Waals surface area (Å²) in [5.74, 6) is 0. The number of aromatic nitrogens is 2.